The first-order chi connectivity index (χ1) is 34.2. The van der Waals surface area contributed by atoms with E-state index >= 15 is 0 Å². The van der Waals surface area contributed by atoms with Crippen LogP contribution in [0.4, 0.5) is 0 Å². The van der Waals surface area contributed by atoms with E-state index in [1.807, 2.05) is 67.6 Å². The fourth-order valence-corrected chi connectivity index (χ4v) is 10.3. The van der Waals surface area contributed by atoms with E-state index in [9.17, 15) is 0 Å². The minimum atomic E-state index is 0.810. The third-order valence-corrected chi connectivity index (χ3v) is 13.5. The van der Waals surface area contributed by atoms with Crippen LogP contribution in [0.15, 0.2) is 219 Å². The van der Waals surface area contributed by atoms with Gasteiger partial charge in [-0.25, -0.2) is 4.98 Å². The molecule has 6 aromatic carbocycles. The van der Waals surface area contributed by atoms with Crippen molar-refractivity contribution in [3.05, 3.63) is 219 Å². The Bertz CT molecular complexity index is 4340. The fourth-order valence-electron chi connectivity index (χ4n) is 10.3. The second-order valence-electron chi connectivity index (χ2n) is 17.4. The SMILES string of the molecule is c1ccc2c(-c3ccc(-c4ccc5c(c4)c4cc(-c6ccc(-c7nccc8ccccc78)cn6)c6ccccc6c4n5-c4ccc(-c5cc6cccnc6c6ncccc56)cn4)nc3)nccc2c1. The molecule has 0 saturated carbocycles. The monoisotopic (exact) mass is 880 g/mol. The first-order valence-corrected chi connectivity index (χ1v) is 22.9. The van der Waals surface area contributed by atoms with Crippen LogP contribution in [-0.4, -0.2) is 39.5 Å². The third-order valence-electron chi connectivity index (χ3n) is 13.5. The van der Waals surface area contributed by atoms with Crippen molar-refractivity contribution in [2.24, 2.45) is 0 Å². The van der Waals surface area contributed by atoms with E-state index < -0.39 is 0 Å². The molecule has 8 aromatic heterocycles. The normalized spacial score (nSPS) is 11.8. The highest BCUT2D eigenvalue weighted by Gasteiger charge is 2.21. The predicted molar refractivity (Wildman–Crippen MR) is 280 cm³/mol. The molecule has 0 unspecified atom stereocenters. The minimum absolute atomic E-state index is 0.810. The van der Waals surface area contributed by atoms with Crippen molar-refractivity contribution in [1.29, 1.82) is 0 Å². The Balaban J connectivity index is 0.949. The first-order valence-electron chi connectivity index (χ1n) is 22.9. The molecule has 8 heterocycles. The Morgan fingerprint density at radius 1 is 0.304 bits per heavy atom. The zero-order valence-corrected chi connectivity index (χ0v) is 36.9. The topological polar surface area (TPSA) is 95.2 Å². The molecule has 0 radical (unpaired) electrons. The predicted octanol–water partition coefficient (Wildman–Crippen LogP) is 14.6. The summed E-state index contributed by atoms with van der Waals surface area (Å²) in [5, 5.41) is 10.9. The van der Waals surface area contributed by atoms with Gasteiger partial charge in [0.1, 0.15) is 5.82 Å². The van der Waals surface area contributed by atoms with Gasteiger partial charge < -0.3 is 0 Å². The number of fused-ring (bicyclic) bond motifs is 10. The second-order valence-corrected chi connectivity index (χ2v) is 17.4. The van der Waals surface area contributed by atoms with Crippen molar-refractivity contribution < 1.29 is 0 Å². The highest BCUT2D eigenvalue weighted by Crippen LogP contribution is 2.43. The van der Waals surface area contributed by atoms with Gasteiger partial charge in [-0.2, -0.15) is 0 Å². The van der Waals surface area contributed by atoms with Gasteiger partial charge in [-0.3, -0.25) is 34.5 Å². The fraction of sp³-hybridized carbons (Fsp3) is 0. The summed E-state index contributed by atoms with van der Waals surface area (Å²) in [6.45, 7) is 0. The maximum Gasteiger partial charge on any atom is 0.137 e. The van der Waals surface area contributed by atoms with Crippen LogP contribution >= 0.6 is 0 Å². The van der Waals surface area contributed by atoms with Crippen LogP contribution in [0.1, 0.15) is 0 Å². The van der Waals surface area contributed by atoms with E-state index in [0.717, 1.165) is 138 Å². The molecule has 0 bridgehead atoms. The van der Waals surface area contributed by atoms with Gasteiger partial charge in [0.05, 0.1) is 44.8 Å². The number of aromatic nitrogens is 8. The van der Waals surface area contributed by atoms with Gasteiger partial charge in [0.25, 0.3) is 0 Å². The molecule has 320 valence electrons. The summed E-state index contributed by atoms with van der Waals surface area (Å²) in [7, 11) is 0. The van der Waals surface area contributed by atoms with Crippen molar-refractivity contribution in [2.45, 2.75) is 0 Å². The zero-order valence-electron chi connectivity index (χ0n) is 36.9. The van der Waals surface area contributed by atoms with Crippen LogP contribution in [0.25, 0.3) is 138 Å². The minimum Gasteiger partial charge on any atom is -0.293 e. The van der Waals surface area contributed by atoms with Gasteiger partial charge in [-0.1, -0.05) is 91.0 Å². The van der Waals surface area contributed by atoms with Crippen molar-refractivity contribution in [3.8, 4) is 62.0 Å². The molecule has 0 aliphatic carbocycles. The largest absolute Gasteiger partial charge is 0.293 e. The number of hydrogen-bond acceptors (Lipinski definition) is 7. The standard InChI is InChI=1S/C61H36N8/c1-3-12-44-37(9-1)25-29-64-57(44)42-17-21-53(66-35-42)39-19-23-55-51(31-39)52-33-50(54-22-18-43(36-67-54)58-45-13-4-2-10-38(45)26-30-65-58)46-14-5-6-15-48(46)61(52)69(55)56-24-20-41(34-68-56)49-32-40-11-7-27-62-59(40)60-47(49)16-8-28-63-60/h1-36H. The molecule has 14 rings (SSSR count). The quantitative estimate of drug-likeness (QED) is 0.154. The number of pyridine rings is 7. The lowest BCUT2D eigenvalue weighted by molar-refractivity contribution is 1.08. The average molecular weight is 881 g/mol. The van der Waals surface area contributed by atoms with E-state index in [1.165, 1.54) is 0 Å². The van der Waals surface area contributed by atoms with Crippen LogP contribution in [0.3, 0.4) is 0 Å². The van der Waals surface area contributed by atoms with Gasteiger partial charge in [0.15, 0.2) is 0 Å². The highest BCUT2D eigenvalue weighted by atomic mass is 15.1. The van der Waals surface area contributed by atoms with Crippen LogP contribution in [0.5, 0.6) is 0 Å². The summed E-state index contributed by atoms with van der Waals surface area (Å²) in [5.41, 5.74) is 13.5. The summed E-state index contributed by atoms with van der Waals surface area (Å²) in [5.74, 6) is 0.810. The van der Waals surface area contributed by atoms with Crippen molar-refractivity contribution >= 4 is 75.9 Å². The first kappa shape index (κ1) is 38.7. The molecule has 0 atom stereocenters. The van der Waals surface area contributed by atoms with Crippen LogP contribution < -0.4 is 0 Å². The zero-order chi connectivity index (χ0) is 45.4. The molecule has 8 nitrogen and oxygen atoms in total. The Labute approximate surface area is 395 Å². The average Bonchev–Trinajstić information content (AvgIpc) is 3.76. The van der Waals surface area contributed by atoms with Gasteiger partial charge in [-0.15, -0.1) is 0 Å². The molecule has 0 spiro atoms. The molecule has 69 heavy (non-hydrogen) atoms. The van der Waals surface area contributed by atoms with E-state index in [-0.39, 0.29) is 0 Å². The summed E-state index contributed by atoms with van der Waals surface area (Å²) >= 11 is 0. The van der Waals surface area contributed by atoms with Crippen LogP contribution in [0, 0.1) is 0 Å². The van der Waals surface area contributed by atoms with E-state index in [4.69, 9.17) is 29.9 Å². The highest BCUT2D eigenvalue weighted by molar-refractivity contribution is 6.22. The Morgan fingerprint density at radius 2 is 0.899 bits per heavy atom. The maximum atomic E-state index is 5.26. The molecule has 0 fully saturated rings. The smallest absolute Gasteiger partial charge is 0.137 e. The summed E-state index contributed by atoms with van der Waals surface area (Å²) in [6.07, 6.45) is 13.2. The molecular weight excluding hydrogens is 845 g/mol. The molecule has 0 amide bonds. The van der Waals surface area contributed by atoms with Gasteiger partial charge in [0.2, 0.25) is 0 Å². The molecule has 0 N–H and O–H groups in total. The van der Waals surface area contributed by atoms with E-state index in [0.29, 0.717) is 0 Å². The van der Waals surface area contributed by atoms with Crippen molar-refractivity contribution in [1.82, 2.24) is 39.5 Å². The summed E-state index contributed by atoms with van der Waals surface area (Å²) in [6, 6.07) is 61.4. The van der Waals surface area contributed by atoms with Gasteiger partial charge in [0, 0.05) is 109 Å². The molecular formula is C61H36N8. The van der Waals surface area contributed by atoms with Crippen molar-refractivity contribution in [3.63, 3.8) is 0 Å². The summed E-state index contributed by atoms with van der Waals surface area (Å²) in [4.78, 5) is 34.5. The molecule has 8 heteroatoms. The van der Waals surface area contributed by atoms with Gasteiger partial charge >= 0.3 is 0 Å². The maximum absolute atomic E-state index is 5.26. The van der Waals surface area contributed by atoms with E-state index in [2.05, 4.69) is 161 Å². The Kier molecular flexibility index (Phi) is 8.72. The lowest BCUT2D eigenvalue weighted by Gasteiger charge is -2.13. The summed E-state index contributed by atoms with van der Waals surface area (Å²) < 4.78 is 2.31. The number of rotatable bonds is 6. The second kappa shape index (κ2) is 15.5. The number of hydrogen-bond donors (Lipinski definition) is 0. The van der Waals surface area contributed by atoms with Crippen LogP contribution in [-0.2, 0) is 0 Å². The van der Waals surface area contributed by atoms with Gasteiger partial charge in [-0.05, 0) is 107 Å². The van der Waals surface area contributed by atoms with E-state index in [1.54, 1.807) is 0 Å². The molecule has 0 saturated heterocycles. The lowest BCUT2D eigenvalue weighted by Crippen LogP contribution is -1.98. The number of benzene rings is 6. The molecule has 0 aliphatic rings. The van der Waals surface area contributed by atoms with Crippen molar-refractivity contribution in [2.75, 3.05) is 0 Å². The lowest BCUT2D eigenvalue weighted by atomic mass is 9.96. The van der Waals surface area contributed by atoms with Crippen LogP contribution in [0.2, 0.25) is 0 Å². The number of nitrogens with zero attached hydrogens (tertiary/aromatic N) is 8. The Morgan fingerprint density at radius 3 is 1.59 bits per heavy atom. The third kappa shape index (κ3) is 6.27. The Hall–Kier alpha value is -9.53. The molecule has 0 aliphatic heterocycles. The molecule has 14 aromatic rings.